The van der Waals surface area contributed by atoms with Crippen molar-refractivity contribution in [3.8, 4) is 0 Å². The van der Waals surface area contributed by atoms with Gasteiger partial charge in [-0.1, -0.05) is 0 Å². The Labute approximate surface area is 150 Å². The summed E-state index contributed by atoms with van der Waals surface area (Å²) in [5.41, 5.74) is 0. The van der Waals surface area contributed by atoms with Gasteiger partial charge in [-0.15, -0.1) is 12.4 Å². The highest BCUT2D eigenvalue weighted by atomic mass is 35.5. The molecule has 144 valence electrons. The molecule has 0 spiro atoms. The Balaban J connectivity index is 0.00000225. The van der Waals surface area contributed by atoms with Crippen LogP contribution in [0.1, 0.15) is 32.6 Å². The summed E-state index contributed by atoms with van der Waals surface area (Å²) in [4.78, 5) is 27.0. The minimum atomic E-state index is -4.56. The van der Waals surface area contributed by atoms with Crippen LogP contribution in [-0.4, -0.2) is 64.7 Å². The lowest BCUT2D eigenvalue weighted by Gasteiger charge is -2.31. The van der Waals surface area contributed by atoms with Gasteiger partial charge in [0.1, 0.15) is 0 Å². The lowest BCUT2D eigenvalue weighted by Crippen LogP contribution is -2.46. The van der Waals surface area contributed by atoms with Gasteiger partial charge in [0.2, 0.25) is 5.91 Å². The van der Waals surface area contributed by atoms with Crippen LogP contribution in [-0.2, 0) is 9.59 Å². The van der Waals surface area contributed by atoms with E-state index in [4.69, 9.17) is 5.11 Å². The van der Waals surface area contributed by atoms with Crippen LogP contribution in [0.15, 0.2) is 0 Å². The maximum absolute atomic E-state index is 13.0. The van der Waals surface area contributed by atoms with E-state index in [1.165, 1.54) is 4.90 Å². The standard InChI is InChI=1S/C16H23F3N2O3.ClH/c1-9(10-2-3-10)21(11-4-5-11)14(22)8-20-6-12(15(23)24)13(7-20)16(17,18)19;/h9-13H,2-8H2,1H3,(H,23,24);1H/t9?,12-,13-;/m1./s1. The molecule has 1 N–H and O–H groups in total. The molecule has 0 aromatic rings. The van der Waals surface area contributed by atoms with Crippen LogP contribution in [0.3, 0.4) is 0 Å². The quantitative estimate of drug-likeness (QED) is 0.764. The summed E-state index contributed by atoms with van der Waals surface area (Å²) in [5.74, 6) is -4.50. The van der Waals surface area contributed by atoms with E-state index in [1.54, 1.807) is 0 Å². The van der Waals surface area contributed by atoms with Crippen molar-refractivity contribution in [1.29, 1.82) is 0 Å². The molecular weight excluding hydrogens is 361 g/mol. The highest BCUT2D eigenvalue weighted by molar-refractivity contribution is 5.85. The summed E-state index contributed by atoms with van der Waals surface area (Å²) in [6, 6.07) is 0.339. The van der Waals surface area contributed by atoms with Crippen molar-refractivity contribution < 1.29 is 27.9 Å². The topological polar surface area (TPSA) is 60.9 Å². The maximum atomic E-state index is 13.0. The average Bonchev–Trinajstić information content (AvgIpc) is 3.35. The predicted molar refractivity (Wildman–Crippen MR) is 86.4 cm³/mol. The maximum Gasteiger partial charge on any atom is 0.393 e. The normalized spacial score (nSPS) is 28.3. The van der Waals surface area contributed by atoms with E-state index >= 15 is 0 Å². The van der Waals surface area contributed by atoms with Crippen LogP contribution in [0.2, 0.25) is 0 Å². The summed E-state index contributed by atoms with van der Waals surface area (Å²) in [6.07, 6.45) is -0.465. The number of nitrogens with zero attached hydrogens (tertiary/aromatic N) is 2. The molecule has 1 saturated heterocycles. The number of carbonyl (C=O) groups is 2. The van der Waals surface area contributed by atoms with Gasteiger partial charge in [0, 0.05) is 25.2 Å². The molecule has 3 fully saturated rings. The van der Waals surface area contributed by atoms with E-state index in [2.05, 4.69) is 0 Å². The van der Waals surface area contributed by atoms with Gasteiger partial charge in [-0.2, -0.15) is 13.2 Å². The Bertz CT molecular complexity index is 523. The molecule has 3 atom stereocenters. The molecule has 1 amide bonds. The Morgan fingerprint density at radius 1 is 1.20 bits per heavy atom. The predicted octanol–water partition coefficient (Wildman–Crippen LogP) is 2.39. The Morgan fingerprint density at radius 2 is 1.80 bits per heavy atom. The van der Waals surface area contributed by atoms with Crippen molar-refractivity contribution in [2.24, 2.45) is 17.8 Å². The highest BCUT2D eigenvalue weighted by Crippen LogP contribution is 2.41. The second kappa shape index (κ2) is 7.31. The van der Waals surface area contributed by atoms with Gasteiger partial charge < -0.3 is 10.0 Å². The summed E-state index contributed by atoms with van der Waals surface area (Å²) in [7, 11) is 0. The van der Waals surface area contributed by atoms with E-state index < -0.39 is 30.5 Å². The van der Waals surface area contributed by atoms with Crippen LogP contribution < -0.4 is 0 Å². The molecule has 5 nitrogen and oxygen atoms in total. The fourth-order valence-corrected chi connectivity index (χ4v) is 3.79. The van der Waals surface area contributed by atoms with Crippen molar-refractivity contribution in [2.75, 3.05) is 19.6 Å². The number of hydrogen-bond acceptors (Lipinski definition) is 3. The summed E-state index contributed by atoms with van der Waals surface area (Å²) in [6.45, 7) is 1.25. The molecule has 25 heavy (non-hydrogen) atoms. The van der Waals surface area contributed by atoms with E-state index in [9.17, 15) is 22.8 Å². The van der Waals surface area contributed by atoms with E-state index in [0.717, 1.165) is 25.7 Å². The second-order valence-corrected chi connectivity index (χ2v) is 7.40. The molecule has 1 unspecified atom stereocenters. The van der Waals surface area contributed by atoms with Gasteiger partial charge in [0.25, 0.3) is 0 Å². The molecule has 0 radical (unpaired) electrons. The molecule has 0 aromatic carbocycles. The zero-order valence-electron chi connectivity index (χ0n) is 14.0. The number of carboxylic acids is 1. The fraction of sp³-hybridized carbons (Fsp3) is 0.875. The number of rotatable bonds is 6. The Kier molecular flexibility index (Phi) is 5.93. The molecule has 9 heteroatoms. The fourth-order valence-electron chi connectivity index (χ4n) is 3.79. The van der Waals surface area contributed by atoms with Crippen LogP contribution in [0.25, 0.3) is 0 Å². The average molecular weight is 385 g/mol. The SMILES string of the molecule is CC(C1CC1)N(C(=O)CN1C[C@@H](C(F)(F)F)[C@H](C(=O)O)C1)C1CC1.Cl. The number of alkyl halides is 3. The molecular formula is C16H24ClF3N2O3. The van der Waals surface area contributed by atoms with Crippen molar-refractivity contribution in [3.05, 3.63) is 0 Å². The molecule has 3 rings (SSSR count). The minimum absolute atomic E-state index is 0. The van der Waals surface area contributed by atoms with Gasteiger partial charge in [0.15, 0.2) is 0 Å². The number of likely N-dealkylation sites (tertiary alicyclic amines) is 1. The number of carbonyl (C=O) groups excluding carboxylic acids is 1. The molecule has 3 aliphatic rings. The second-order valence-electron chi connectivity index (χ2n) is 7.40. The lowest BCUT2D eigenvalue weighted by molar-refractivity contribution is -0.188. The van der Waals surface area contributed by atoms with Crippen molar-refractivity contribution >= 4 is 24.3 Å². The smallest absolute Gasteiger partial charge is 0.393 e. The first-order valence-electron chi connectivity index (χ1n) is 8.51. The lowest BCUT2D eigenvalue weighted by atomic mass is 9.96. The number of carboxylic acid groups (broad SMARTS) is 1. The van der Waals surface area contributed by atoms with E-state index in [-0.39, 0.29) is 43.5 Å². The third-order valence-corrected chi connectivity index (χ3v) is 5.46. The summed E-state index contributed by atoms with van der Waals surface area (Å²) in [5, 5.41) is 9.05. The third kappa shape index (κ3) is 4.58. The minimum Gasteiger partial charge on any atom is -0.481 e. The van der Waals surface area contributed by atoms with Crippen molar-refractivity contribution in [1.82, 2.24) is 9.80 Å². The van der Waals surface area contributed by atoms with Crippen LogP contribution in [0.4, 0.5) is 13.2 Å². The van der Waals surface area contributed by atoms with Gasteiger partial charge in [-0.3, -0.25) is 14.5 Å². The largest absolute Gasteiger partial charge is 0.481 e. The van der Waals surface area contributed by atoms with Gasteiger partial charge in [-0.05, 0) is 38.5 Å². The van der Waals surface area contributed by atoms with Gasteiger partial charge in [-0.25, -0.2) is 0 Å². The Morgan fingerprint density at radius 3 is 2.20 bits per heavy atom. The molecule has 2 aliphatic carbocycles. The van der Waals surface area contributed by atoms with Crippen molar-refractivity contribution in [3.63, 3.8) is 0 Å². The van der Waals surface area contributed by atoms with Gasteiger partial charge >= 0.3 is 12.1 Å². The molecule has 0 bridgehead atoms. The van der Waals surface area contributed by atoms with Gasteiger partial charge in [0.05, 0.1) is 18.4 Å². The number of halogens is 4. The molecule has 1 aliphatic heterocycles. The van der Waals surface area contributed by atoms with E-state index in [0.29, 0.717) is 5.92 Å². The molecule has 1 heterocycles. The highest BCUT2D eigenvalue weighted by Gasteiger charge is 2.53. The first-order chi connectivity index (χ1) is 11.2. The number of aliphatic carboxylic acids is 1. The van der Waals surface area contributed by atoms with Crippen LogP contribution in [0, 0.1) is 17.8 Å². The number of amides is 1. The Hall–Kier alpha value is -1.02. The molecule has 0 aromatic heterocycles. The zero-order valence-corrected chi connectivity index (χ0v) is 14.9. The number of hydrogen-bond donors (Lipinski definition) is 1. The zero-order chi connectivity index (χ0) is 17.6. The van der Waals surface area contributed by atoms with Crippen LogP contribution in [0.5, 0.6) is 0 Å². The molecule has 2 saturated carbocycles. The first-order valence-corrected chi connectivity index (χ1v) is 8.51. The van der Waals surface area contributed by atoms with Crippen molar-refractivity contribution in [2.45, 2.75) is 50.9 Å². The van der Waals surface area contributed by atoms with E-state index in [1.807, 2.05) is 11.8 Å². The monoisotopic (exact) mass is 384 g/mol. The summed E-state index contributed by atoms with van der Waals surface area (Å²) >= 11 is 0. The summed E-state index contributed by atoms with van der Waals surface area (Å²) < 4.78 is 39.1. The third-order valence-electron chi connectivity index (χ3n) is 5.46. The van der Waals surface area contributed by atoms with Crippen LogP contribution >= 0.6 is 12.4 Å². The first kappa shape index (κ1) is 20.3.